The Kier molecular flexibility index (Phi) is 6.22. The summed E-state index contributed by atoms with van der Waals surface area (Å²) in [6, 6.07) is 56.6. The average molecular weight is 611 g/mol. The smallest absolute Gasteiger partial charge is 0.189 e. The van der Waals surface area contributed by atoms with Crippen molar-refractivity contribution in [1.29, 1.82) is 5.26 Å². The lowest BCUT2D eigenvalue weighted by Gasteiger charge is -2.18. The van der Waals surface area contributed by atoms with Crippen LogP contribution in [-0.2, 0) is 0 Å². The normalized spacial score (nSPS) is 11.3. The van der Waals surface area contributed by atoms with E-state index < -0.39 is 0 Å². The van der Waals surface area contributed by atoms with Gasteiger partial charge in [0, 0.05) is 38.5 Å². The first kappa shape index (κ1) is 27.4. The van der Waals surface area contributed by atoms with E-state index in [0.29, 0.717) is 11.3 Å². The summed E-state index contributed by atoms with van der Waals surface area (Å²) in [5.74, 6) is 0. The van der Waals surface area contributed by atoms with Crippen LogP contribution in [0.15, 0.2) is 158 Å². The predicted molar refractivity (Wildman–Crippen MR) is 197 cm³/mol. The average Bonchev–Trinajstić information content (AvgIpc) is 3.67. The fourth-order valence-electron chi connectivity index (χ4n) is 7.26. The van der Waals surface area contributed by atoms with Crippen molar-refractivity contribution < 1.29 is 0 Å². The van der Waals surface area contributed by atoms with Crippen LogP contribution in [0.4, 0.5) is 5.69 Å². The van der Waals surface area contributed by atoms with E-state index in [9.17, 15) is 5.26 Å². The Morgan fingerprint density at radius 2 is 0.979 bits per heavy atom. The van der Waals surface area contributed by atoms with Gasteiger partial charge in [0.25, 0.3) is 0 Å². The maximum Gasteiger partial charge on any atom is 0.189 e. The second kappa shape index (κ2) is 10.9. The lowest BCUT2D eigenvalue weighted by Crippen LogP contribution is -1.99. The Balaban J connectivity index is 1.26. The molecule has 7 aromatic carbocycles. The molecule has 0 fully saturated rings. The Morgan fingerprint density at radius 1 is 0.479 bits per heavy atom. The molecule has 9 aromatic rings. The quantitative estimate of drug-likeness (QED) is 0.183. The molecule has 0 bridgehead atoms. The second-order valence-electron chi connectivity index (χ2n) is 12.0. The van der Waals surface area contributed by atoms with Crippen molar-refractivity contribution in [3.05, 3.63) is 175 Å². The van der Waals surface area contributed by atoms with Crippen molar-refractivity contribution in [3.63, 3.8) is 0 Å². The molecule has 0 N–H and O–H groups in total. The first-order valence-corrected chi connectivity index (χ1v) is 15.9. The lowest BCUT2D eigenvalue weighted by atomic mass is 9.91. The Labute approximate surface area is 277 Å². The summed E-state index contributed by atoms with van der Waals surface area (Å²) in [7, 11) is 0. The van der Waals surface area contributed by atoms with Gasteiger partial charge in [-0.3, -0.25) is 0 Å². The van der Waals surface area contributed by atoms with Gasteiger partial charge in [-0.2, -0.15) is 5.26 Å². The monoisotopic (exact) mass is 610 g/mol. The van der Waals surface area contributed by atoms with E-state index in [0.717, 1.165) is 55.4 Å². The van der Waals surface area contributed by atoms with E-state index in [1.54, 1.807) is 0 Å². The van der Waals surface area contributed by atoms with E-state index in [2.05, 4.69) is 141 Å². The summed E-state index contributed by atoms with van der Waals surface area (Å²) < 4.78 is 4.57. The SMILES string of the molecule is [C-]#[N+]c1ccc(-c2cc(C#N)ccc2-c2ccc(-n3c4ccccc4c4ccccc43)cc2)c(-n2c3ccccc3c3ccccc32)c1. The highest BCUT2D eigenvalue weighted by Gasteiger charge is 2.19. The molecule has 2 heterocycles. The van der Waals surface area contributed by atoms with Crippen LogP contribution in [0.3, 0.4) is 0 Å². The molecule has 2 aromatic heterocycles. The van der Waals surface area contributed by atoms with Crippen LogP contribution in [0.2, 0.25) is 0 Å². The number of rotatable bonds is 4. The number of hydrogen-bond acceptors (Lipinski definition) is 1. The molecule has 9 rings (SSSR count). The molecule has 0 atom stereocenters. The van der Waals surface area contributed by atoms with Crippen LogP contribution in [-0.4, -0.2) is 9.13 Å². The molecule has 0 unspecified atom stereocenters. The zero-order chi connectivity index (χ0) is 32.2. The molecule has 0 aliphatic carbocycles. The Hall–Kier alpha value is -6.88. The fraction of sp³-hybridized carbons (Fsp3) is 0. The van der Waals surface area contributed by atoms with Gasteiger partial charge >= 0.3 is 0 Å². The van der Waals surface area contributed by atoms with E-state index in [1.807, 2.05) is 36.4 Å². The number of hydrogen-bond donors (Lipinski definition) is 0. The van der Waals surface area contributed by atoms with Crippen LogP contribution >= 0.6 is 0 Å². The molecule has 0 aliphatic rings. The number of para-hydroxylation sites is 4. The van der Waals surface area contributed by atoms with Crippen LogP contribution in [0.25, 0.3) is 82.1 Å². The van der Waals surface area contributed by atoms with Crippen molar-refractivity contribution in [1.82, 2.24) is 9.13 Å². The standard InChI is InChI=1S/C44H26N4/c1-46-31-21-25-38(44(27-31)48-42-16-8-4-12-36(42)37-13-5-9-17-43(37)48)39-26-29(28-45)18-24-33(39)30-19-22-32(23-20-30)47-40-14-6-2-10-34(40)35-11-3-7-15-41(35)47/h2-27H. The molecule has 0 spiro atoms. The van der Waals surface area contributed by atoms with Crippen molar-refractivity contribution in [2.45, 2.75) is 0 Å². The van der Waals surface area contributed by atoms with Gasteiger partial charge in [-0.25, -0.2) is 4.85 Å². The van der Waals surface area contributed by atoms with E-state index >= 15 is 0 Å². The van der Waals surface area contributed by atoms with Crippen molar-refractivity contribution in [3.8, 4) is 39.7 Å². The summed E-state index contributed by atoms with van der Waals surface area (Å²) in [6.07, 6.45) is 0. The number of benzene rings is 7. The van der Waals surface area contributed by atoms with Gasteiger partial charge in [0.2, 0.25) is 0 Å². The third-order valence-corrected chi connectivity index (χ3v) is 9.39. The minimum Gasteiger partial charge on any atom is -0.310 e. The van der Waals surface area contributed by atoms with Gasteiger partial charge in [-0.15, -0.1) is 0 Å². The molecule has 0 radical (unpaired) electrons. The minimum absolute atomic E-state index is 0.559. The third-order valence-electron chi connectivity index (χ3n) is 9.39. The Bertz CT molecular complexity index is 2690. The molecular weight excluding hydrogens is 585 g/mol. The fourth-order valence-corrected chi connectivity index (χ4v) is 7.26. The minimum atomic E-state index is 0.559. The first-order chi connectivity index (χ1) is 23.7. The van der Waals surface area contributed by atoms with E-state index in [4.69, 9.17) is 6.57 Å². The summed E-state index contributed by atoms with van der Waals surface area (Å²) >= 11 is 0. The molecular formula is C44H26N4. The molecule has 4 heteroatoms. The second-order valence-corrected chi connectivity index (χ2v) is 12.0. The zero-order valence-corrected chi connectivity index (χ0v) is 25.8. The van der Waals surface area contributed by atoms with Crippen LogP contribution < -0.4 is 0 Å². The zero-order valence-electron chi connectivity index (χ0n) is 25.8. The van der Waals surface area contributed by atoms with Gasteiger partial charge in [0.15, 0.2) is 5.69 Å². The molecule has 48 heavy (non-hydrogen) atoms. The van der Waals surface area contributed by atoms with Gasteiger partial charge in [-0.05, 0) is 71.3 Å². The molecule has 0 saturated carbocycles. The van der Waals surface area contributed by atoms with Gasteiger partial charge < -0.3 is 9.13 Å². The highest BCUT2D eigenvalue weighted by Crippen LogP contribution is 2.42. The molecule has 222 valence electrons. The summed E-state index contributed by atoms with van der Waals surface area (Å²) in [6.45, 7) is 7.86. The third kappa shape index (κ3) is 4.14. The highest BCUT2D eigenvalue weighted by atomic mass is 15.0. The molecule has 0 amide bonds. The van der Waals surface area contributed by atoms with Gasteiger partial charge in [0.05, 0.1) is 40.3 Å². The maximum atomic E-state index is 10.0. The first-order valence-electron chi connectivity index (χ1n) is 15.9. The van der Waals surface area contributed by atoms with Crippen LogP contribution in [0, 0.1) is 17.9 Å². The van der Waals surface area contributed by atoms with Crippen molar-refractivity contribution in [2.24, 2.45) is 0 Å². The van der Waals surface area contributed by atoms with Crippen LogP contribution in [0.1, 0.15) is 5.56 Å². The molecule has 4 nitrogen and oxygen atoms in total. The highest BCUT2D eigenvalue weighted by molar-refractivity contribution is 6.11. The Morgan fingerprint density at radius 3 is 1.50 bits per heavy atom. The van der Waals surface area contributed by atoms with Crippen molar-refractivity contribution >= 4 is 49.3 Å². The molecule has 0 saturated heterocycles. The lowest BCUT2D eigenvalue weighted by molar-refractivity contribution is 1.18. The number of nitrogens with zero attached hydrogens (tertiary/aromatic N) is 4. The van der Waals surface area contributed by atoms with Gasteiger partial charge in [0.1, 0.15) is 0 Å². The van der Waals surface area contributed by atoms with Gasteiger partial charge in [-0.1, -0.05) is 103 Å². The topological polar surface area (TPSA) is 38.0 Å². The largest absolute Gasteiger partial charge is 0.310 e. The van der Waals surface area contributed by atoms with Crippen molar-refractivity contribution in [2.75, 3.05) is 0 Å². The van der Waals surface area contributed by atoms with E-state index in [1.165, 1.54) is 21.8 Å². The predicted octanol–water partition coefficient (Wildman–Crippen LogP) is 11.6. The summed E-state index contributed by atoms with van der Waals surface area (Å²) in [4.78, 5) is 3.81. The molecule has 0 aliphatic heterocycles. The maximum absolute atomic E-state index is 10.0. The summed E-state index contributed by atoms with van der Waals surface area (Å²) in [5, 5.41) is 14.8. The van der Waals surface area contributed by atoms with E-state index in [-0.39, 0.29) is 0 Å². The van der Waals surface area contributed by atoms with Crippen LogP contribution in [0.5, 0.6) is 0 Å². The summed E-state index contributed by atoms with van der Waals surface area (Å²) in [5.41, 5.74) is 11.5. The number of fused-ring (bicyclic) bond motifs is 6. The number of nitriles is 1. The number of aromatic nitrogens is 2.